The zero-order valence-corrected chi connectivity index (χ0v) is 30.7. The van der Waals surface area contributed by atoms with E-state index < -0.39 is 12.1 Å². The zero-order valence-electron chi connectivity index (χ0n) is 30.7. The number of unbranched alkanes of at least 4 members (excludes halogenated alkanes) is 28. The van der Waals surface area contributed by atoms with Crippen molar-refractivity contribution in [2.75, 3.05) is 6.61 Å². The number of allylic oxidation sites excluding steroid dienone is 2. The molecule has 0 aromatic carbocycles. The van der Waals surface area contributed by atoms with Gasteiger partial charge in [-0.3, -0.25) is 4.79 Å². The molecule has 0 saturated heterocycles. The average molecular weight is 636 g/mol. The Kier molecular flexibility index (Phi) is 36.9. The topological polar surface area (TPSA) is 69.6 Å². The lowest BCUT2D eigenvalue weighted by molar-refractivity contribution is -0.123. The van der Waals surface area contributed by atoms with E-state index in [9.17, 15) is 15.0 Å². The Hall–Kier alpha value is -0.870. The molecule has 0 radical (unpaired) electrons. The first-order valence-corrected chi connectivity index (χ1v) is 20.4. The Bertz CT molecular complexity index is 608. The summed E-state index contributed by atoms with van der Waals surface area (Å²) in [6.07, 6.45) is 45.7. The molecule has 4 heteroatoms. The van der Waals surface area contributed by atoms with Crippen molar-refractivity contribution < 1.29 is 15.0 Å². The lowest BCUT2D eigenvalue weighted by Gasteiger charge is -2.22. The van der Waals surface area contributed by atoms with Crippen molar-refractivity contribution in [3.63, 3.8) is 0 Å². The molecule has 0 aromatic heterocycles. The van der Waals surface area contributed by atoms with Gasteiger partial charge in [0, 0.05) is 6.42 Å². The number of aliphatic hydroxyl groups excluding tert-OH is 2. The van der Waals surface area contributed by atoms with Crippen molar-refractivity contribution in [1.82, 2.24) is 5.32 Å². The van der Waals surface area contributed by atoms with Gasteiger partial charge in [0.2, 0.25) is 5.91 Å². The number of hydrogen-bond donors (Lipinski definition) is 3. The van der Waals surface area contributed by atoms with Crippen LogP contribution in [0.15, 0.2) is 12.2 Å². The van der Waals surface area contributed by atoms with Gasteiger partial charge in [0.1, 0.15) is 0 Å². The third-order valence-electron chi connectivity index (χ3n) is 9.53. The minimum absolute atomic E-state index is 0.0323. The van der Waals surface area contributed by atoms with Gasteiger partial charge in [-0.1, -0.05) is 193 Å². The third-order valence-corrected chi connectivity index (χ3v) is 9.53. The largest absolute Gasteiger partial charge is 0.394 e. The fourth-order valence-electron chi connectivity index (χ4n) is 6.36. The maximum Gasteiger partial charge on any atom is 0.220 e. The van der Waals surface area contributed by atoms with Gasteiger partial charge in [-0.05, 0) is 38.5 Å². The molecule has 1 amide bonds. The molecule has 268 valence electrons. The second kappa shape index (κ2) is 37.6. The first-order chi connectivity index (χ1) is 22.2. The van der Waals surface area contributed by atoms with Crippen LogP contribution in [0.5, 0.6) is 0 Å². The SMILES string of the molecule is CCCCCCCCCC/C=C\CCCCCCCCCCCCCC(=O)NC(CO)C(O)CCCCCCCCCCCC. The molecule has 0 rings (SSSR count). The molecule has 3 N–H and O–H groups in total. The van der Waals surface area contributed by atoms with E-state index in [-0.39, 0.29) is 12.5 Å². The van der Waals surface area contributed by atoms with Crippen LogP contribution in [0.25, 0.3) is 0 Å². The number of nitrogens with one attached hydrogen (secondary N) is 1. The van der Waals surface area contributed by atoms with E-state index in [4.69, 9.17) is 0 Å². The summed E-state index contributed by atoms with van der Waals surface area (Å²) in [4.78, 5) is 12.3. The Labute approximate surface area is 282 Å². The highest BCUT2D eigenvalue weighted by Crippen LogP contribution is 2.15. The fraction of sp³-hybridized carbons (Fsp3) is 0.927. The van der Waals surface area contributed by atoms with Crippen LogP contribution >= 0.6 is 0 Å². The van der Waals surface area contributed by atoms with Crippen molar-refractivity contribution in [3.05, 3.63) is 12.2 Å². The third kappa shape index (κ3) is 34.3. The van der Waals surface area contributed by atoms with E-state index in [1.165, 1.54) is 173 Å². The van der Waals surface area contributed by atoms with Crippen molar-refractivity contribution in [2.24, 2.45) is 0 Å². The maximum absolute atomic E-state index is 12.3. The molecule has 2 unspecified atom stereocenters. The molecule has 0 heterocycles. The first-order valence-electron chi connectivity index (χ1n) is 20.4. The van der Waals surface area contributed by atoms with Crippen LogP contribution in [0.1, 0.15) is 226 Å². The summed E-state index contributed by atoms with van der Waals surface area (Å²) >= 11 is 0. The summed E-state index contributed by atoms with van der Waals surface area (Å²) in [5.74, 6) is -0.0323. The molecule has 0 aliphatic heterocycles. The van der Waals surface area contributed by atoms with Gasteiger partial charge in [0.25, 0.3) is 0 Å². The molecule has 0 aromatic rings. The van der Waals surface area contributed by atoms with Crippen LogP contribution < -0.4 is 5.32 Å². The molecule has 45 heavy (non-hydrogen) atoms. The van der Waals surface area contributed by atoms with E-state index in [0.29, 0.717) is 12.8 Å². The van der Waals surface area contributed by atoms with E-state index in [1.807, 2.05) is 0 Å². The highest BCUT2D eigenvalue weighted by atomic mass is 16.3. The number of aliphatic hydroxyl groups is 2. The van der Waals surface area contributed by atoms with Crippen LogP contribution in [0.4, 0.5) is 0 Å². The van der Waals surface area contributed by atoms with Crippen molar-refractivity contribution in [2.45, 2.75) is 238 Å². The second-order valence-electron chi connectivity index (χ2n) is 14.1. The van der Waals surface area contributed by atoms with Crippen molar-refractivity contribution in [3.8, 4) is 0 Å². The van der Waals surface area contributed by atoms with E-state index in [1.54, 1.807) is 0 Å². The lowest BCUT2D eigenvalue weighted by atomic mass is 10.0. The van der Waals surface area contributed by atoms with E-state index in [2.05, 4.69) is 31.3 Å². The lowest BCUT2D eigenvalue weighted by Crippen LogP contribution is -2.45. The van der Waals surface area contributed by atoms with Gasteiger partial charge < -0.3 is 15.5 Å². The highest BCUT2D eigenvalue weighted by Gasteiger charge is 2.19. The summed E-state index contributed by atoms with van der Waals surface area (Å²) in [5, 5.41) is 23.0. The quantitative estimate of drug-likeness (QED) is 0.0470. The summed E-state index contributed by atoms with van der Waals surface area (Å²) in [7, 11) is 0. The van der Waals surface area contributed by atoms with Gasteiger partial charge in [-0.15, -0.1) is 0 Å². The standard InChI is InChI=1S/C41H81NO3/c1-3-5-7-9-11-13-15-16-17-18-19-20-21-22-23-24-25-26-27-29-31-33-35-37-41(45)42-39(38-43)40(44)36-34-32-30-28-14-12-10-8-6-4-2/h18-19,39-40,43-44H,3-17,20-38H2,1-2H3,(H,42,45)/b19-18-. The number of amides is 1. The fourth-order valence-corrected chi connectivity index (χ4v) is 6.36. The predicted octanol–water partition coefficient (Wildman–Crippen LogP) is 12.3. The molecule has 0 saturated carbocycles. The van der Waals surface area contributed by atoms with Gasteiger partial charge in [-0.25, -0.2) is 0 Å². The normalized spacial score (nSPS) is 13.1. The Morgan fingerprint density at radius 2 is 0.844 bits per heavy atom. The molecular formula is C41H81NO3. The van der Waals surface area contributed by atoms with Crippen LogP contribution in [0.3, 0.4) is 0 Å². The molecule has 0 bridgehead atoms. The predicted molar refractivity (Wildman–Crippen MR) is 198 cm³/mol. The highest BCUT2D eigenvalue weighted by molar-refractivity contribution is 5.76. The van der Waals surface area contributed by atoms with E-state index >= 15 is 0 Å². The smallest absolute Gasteiger partial charge is 0.220 e. The van der Waals surface area contributed by atoms with Crippen LogP contribution in [0, 0.1) is 0 Å². The maximum atomic E-state index is 12.3. The summed E-state index contributed by atoms with van der Waals surface area (Å²) in [5.41, 5.74) is 0. The Morgan fingerprint density at radius 3 is 1.22 bits per heavy atom. The minimum Gasteiger partial charge on any atom is -0.394 e. The number of carbonyl (C=O) groups is 1. The van der Waals surface area contributed by atoms with Gasteiger partial charge in [-0.2, -0.15) is 0 Å². The monoisotopic (exact) mass is 636 g/mol. The molecule has 4 nitrogen and oxygen atoms in total. The Morgan fingerprint density at radius 1 is 0.511 bits per heavy atom. The van der Waals surface area contributed by atoms with Gasteiger partial charge in [0.15, 0.2) is 0 Å². The van der Waals surface area contributed by atoms with Crippen molar-refractivity contribution in [1.29, 1.82) is 0 Å². The average Bonchev–Trinajstić information content (AvgIpc) is 3.04. The Balaban J connectivity index is 3.46. The first kappa shape index (κ1) is 44.1. The second-order valence-corrected chi connectivity index (χ2v) is 14.1. The molecule has 0 aliphatic rings. The zero-order chi connectivity index (χ0) is 32.9. The van der Waals surface area contributed by atoms with Crippen molar-refractivity contribution >= 4 is 5.91 Å². The summed E-state index contributed by atoms with van der Waals surface area (Å²) in [6.45, 7) is 4.35. The molecular weight excluding hydrogens is 554 g/mol. The van der Waals surface area contributed by atoms with Gasteiger partial charge in [0.05, 0.1) is 18.8 Å². The summed E-state index contributed by atoms with van der Waals surface area (Å²) in [6, 6.07) is -0.530. The number of rotatable bonds is 37. The molecule has 0 spiro atoms. The number of hydrogen-bond acceptors (Lipinski definition) is 3. The van der Waals surface area contributed by atoms with E-state index in [0.717, 1.165) is 25.7 Å². The van der Waals surface area contributed by atoms with Crippen LogP contribution in [-0.4, -0.2) is 34.9 Å². The summed E-state index contributed by atoms with van der Waals surface area (Å²) < 4.78 is 0. The molecule has 0 aliphatic carbocycles. The molecule has 2 atom stereocenters. The van der Waals surface area contributed by atoms with Crippen LogP contribution in [-0.2, 0) is 4.79 Å². The number of carbonyl (C=O) groups excluding carboxylic acids is 1. The molecule has 0 fully saturated rings. The van der Waals surface area contributed by atoms with Gasteiger partial charge >= 0.3 is 0 Å². The van der Waals surface area contributed by atoms with Crippen LogP contribution in [0.2, 0.25) is 0 Å². The minimum atomic E-state index is -0.654.